The normalized spacial score (nSPS) is 10.0. The van der Waals surface area contributed by atoms with E-state index in [1.54, 1.807) is 0 Å². The summed E-state index contributed by atoms with van der Waals surface area (Å²) in [5.74, 6) is -3.97. The van der Waals surface area contributed by atoms with Crippen LogP contribution < -0.4 is 0 Å². The molecule has 0 atom stereocenters. The van der Waals surface area contributed by atoms with E-state index in [0.29, 0.717) is 37.8 Å². The topological polar surface area (TPSA) is 161 Å². The minimum atomic E-state index is -1.26. The Balaban J connectivity index is -0.000000543. The Morgan fingerprint density at radius 2 is 0.650 bits per heavy atom. The summed E-state index contributed by atoms with van der Waals surface area (Å²) < 4.78 is 9.40. The molecule has 0 aromatic rings. The Kier molecular flexibility index (Phi) is 33.3. The molecule has 0 spiro atoms. The number of aliphatic carboxylic acids is 2. The van der Waals surface area contributed by atoms with E-state index in [1.807, 2.05) is 0 Å². The van der Waals surface area contributed by atoms with Crippen molar-refractivity contribution in [3.8, 4) is 0 Å². The van der Waals surface area contributed by atoms with Crippen molar-refractivity contribution in [3.63, 3.8) is 0 Å². The van der Waals surface area contributed by atoms with E-state index in [1.165, 1.54) is 0 Å². The van der Waals surface area contributed by atoms with Gasteiger partial charge in [0.15, 0.2) is 0 Å². The van der Waals surface area contributed by atoms with Crippen molar-refractivity contribution < 1.29 is 48.5 Å². The van der Waals surface area contributed by atoms with Gasteiger partial charge in [0.2, 0.25) is 0 Å². The smallest absolute Gasteiger partial charge is 0.328 e. The molecule has 0 aromatic carbocycles. The van der Waals surface area contributed by atoms with E-state index in [9.17, 15) is 28.8 Å². The van der Waals surface area contributed by atoms with Crippen LogP contribution in [0.25, 0.3) is 0 Å². The standard InChI is InChI=1S/2C13H24O3.C4H4O4/c2*1-3-5-7-9-11-13(15)16-12(14)10-8-6-4-2;5-3(6)1-2-4(7)8/h2*3-11H2,1-2H3;1-2H,(H,5,6)(H,7,8)/b;;2-1+. The SMILES string of the molecule is CCCCCCC(=O)OC(=O)CCCCC.CCCCCCC(=O)OC(=O)CCCCC.O=C(O)/C=C/C(=O)O. The van der Waals surface area contributed by atoms with Crippen LogP contribution in [0.15, 0.2) is 12.2 Å². The summed E-state index contributed by atoms with van der Waals surface area (Å²) in [7, 11) is 0. The zero-order valence-electron chi connectivity index (χ0n) is 25.0. The lowest BCUT2D eigenvalue weighted by Crippen LogP contribution is -2.11. The van der Waals surface area contributed by atoms with E-state index in [0.717, 1.165) is 89.9 Å². The van der Waals surface area contributed by atoms with Crippen molar-refractivity contribution in [1.29, 1.82) is 0 Å². The number of hydrogen-bond donors (Lipinski definition) is 2. The first kappa shape index (κ1) is 41.4. The molecule has 2 N–H and O–H groups in total. The van der Waals surface area contributed by atoms with Gasteiger partial charge in [-0.3, -0.25) is 19.2 Å². The van der Waals surface area contributed by atoms with Gasteiger partial charge >= 0.3 is 35.8 Å². The predicted molar refractivity (Wildman–Crippen MR) is 152 cm³/mol. The molecule has 0 heterocycles. The lowest BCUT2D eigenvalue weighted by Gasteiger charge is -2.02. The first-order valence-electron chi connectivity index (χ1n) is 14.6. The zero-order chi connectivity index (χ0) is 31.0. The number of unbranched alkanes of at least 4 members (excludes halogenated alkanes) is 10. The highest BCUT2D eigenvalue weighted by Gasteiger charge is 2.10. The molecule has 0 saturated heterocycles. The molecule has 232 valence electrons. The highest BCUT2D eigenvalue weighted by atomic mass is 16.6. The molecule has 0 aliphatic rings. The van der Waals surface area contributed by atoms with Gasteiger partial charge in [0.25, 0.3) is 0 Å². The van der Waals surface area contributed by atoms with Gasteiger partial charge in [0.1, 0.15) is 0 Å². The van der Waals surface area contributed by atoms with Crippen LogP contribution in [0.2, 0.25) is 0 Å². The van der Waals surface area contributed by atoms with Crippen LogP contribution in [-0.2, 0) is 38.2 Å². The first-order valence-corrected chi connectivity index (χ1v) is 14.6. The third-order valence-corrected chi connectivity index (χ3v) is 5.26. The number of carbonyl (C=O) groups is 6. The Hall–Kier alpha value is -3.04. The van der Waals surface area contributed by atoms with Crippen LogP contribution in [0, 0.1) is 0 Å². The second kappa shape index (κ2) is 32.2. The maximum absolute atomic E-state index is 11.2. The van der Waals surface area contributed by atoms with Gasteiger partial charge in [-0.05, 0) is 25.7 Å². The van der Waals surface area contributed by atoms with Crippen LogP contribution in [-0.4, -0.2) is 46.0 Å². The summed E-state index contributed by atoms with van der Waals surface area (Å²) in [6, 6.07) is 0. The summed E-state index contributed by atoms with van der Waals surface area (Å²) in [5, 5.41) is 15.6. The van der Waals surface area contributed by atoms with Crippen molar-refractivity contribution in [1.82, 2.24) is 0 Å². The first-order chi connectivity index (χ1) is 19.0. The third kappa shape index (κ3) is 39.5. The molecule has 10 nitrogen and oxygen atoms in total. The van der Waals surface area contributed by atoms with Crippen molar-refractivity contribution in [2.75, 3.05) is 0 Å². The van der Waals surface area contributed by atoms with E-state index >= 15 is 0 Å². The van der Waals surface area contributed by atoms with Crippen molar-refractivity contribution in [3.05, 3.63) is 12.2 Å². The monoisotopic (exact) mass is 572 g/mol. The molecule has 0 unspecified atom stereocenters. The minimum absolute atomic E-state index is 0.363. The van der Waals surface area contributed by atoms with Crippen LogP contribution in [0.1, 0.15) is 143 Å². The van der Waals surface area contributed by atoms with Gasteiger partial charge in [-0.25, -0.2) is 9.59 Å². The van der Waals surface area contributed by atoms with E-state index in [4.69, 9.17) is 19.7 Å². The number of rotatable bonds is 20. The largest absolute Gasteiger partial charge is 0.478 e. The fraction of sp³-hybridized carbons (Fsp3) is 0.733. The minimum Gasteiger partial charge on any atom is -0.478 e. The van der Waals surface area contributed by atoms with Crippen LogP contribution >= 0.6 is 0 Å². The molecule has 0 aromatic heterocycles. The Morgan fingerprint density at radius 1 is 0.425 bits per heavy atom. The second-order valence-corrected chi connectivity index (χ2v) is 9.24. The molecule has 0 bridgehead atoms. The van der Waals surface area contributed by atoms with Gasteiger partial charge in [0.05, 0.1) is 0 Å². The number of ether oxygens (including phenoxy) is 2. The van der Waals surface area contributed by atoms with E-state index in [2.05, 4.69) is 27.7 Å². The van der Waals surface area contributed by atoms with Gasteiger partial charge < -0.3 is 19.7 Å². The molecule has 0 aliphatic carbocycles. The zero-order valence-corrected chi connectivity index (χ0v) is 25.0. The maximum Gasteiger partial charge on any atom is 0.328 e. The molecule has 0 saturated carbocycles. The lowest BCUT2D eigenvalue weighted by molar-refractivity contribution is -0.161. The molecule has 0 radical (unpaired) electrons. The highest BCUT2D eigenvalue weighted by molar-refractivity contribution is 5.89. The maximum atomic E-state index is 11.2. The molecule has 0 aliphatic heterocycles. The molecular weight excluding hydrogens is 520 g/mol. The van der Waals surface area contributed by atoms with E-state index in [-0.39, 0.29) is 23.9 Å². The molecule has 10 heteroatoms. The molecule has 0 rings (SSSR count). The average molecular weight is 573 g/mol. The van der Waals surface area contributed by atoms with Crippen molar-refractivity contribution >= 4 is 35.8 Å². The summed E-state index contributed by atoms with van der Waals surface area (Å²) >= 11 is 0. The molecule has 0 fully saturated rings. The quantitative estimate of drug-likeness (QED) is 0.0677. The Labute approximate surface area is 239 Å². The molecular formula is C30H52O10. The van der Waals surface area contributed by atoms with Gasteiger partial charge in [-0.1, -0.05) is 91.9 Å². The molecule has 0 amide bonds. The van der Waals surface area contributed by atoms with Gasteiger partial charge in [-0.2, -0.15) is 0 Å². The number of carboxylic acid groups (broad SMARTS) is 2. The summed E-state index contributed by atoms with van der Waals surface area (Å²) in [4.78, 5) is 63.9. The molecule has 40 heavy (non-hydrogen) atoms. The fourth-order valence-corrected chi connectivity index (χ4v) is 3.03. The summed E-state index contributed by atoms with van der Waals surface area (Å²) in [6.07, 6.45) is 16.7. The lowest BCUT2D eigenvalue weighted by atomic mass is 10.1. The van der Waals surface area contributed by atoms with Gasteiger partial charge in [-0.15, -0.1) is 0 Å². The van der Waals surface area contributed by atoms with Crippen LogP contribution in [0.5, 0.6) is 0 Å². The van der Waals surface area contributed by atoms with Crippen LogP contribution in [0.3, 0.4) is 0 Å². The second-order valence-electron chi connectivity index (χ2n) is 9.24. The number of carbonyl (C=O) groups excluding carboxylic acids is 4. The highest BCUT2D eigenvalue weighted by Crippen LogP contribution is 2.07. The Morgan fingerprint density at radius 3 is 0.875 bits per heavy atom. The number of carboxylic acids is 2. The third-order valence-electron chi connectivity index (χ3n) is 5.26. The van der Waals surface area contributed by atoms with E-state index < -0.39 is 11.9 Å². The van der Waals surface area contributed by atoms with Crippen molar-refractivity contribution in [2.24, 2.45) is 0 Å². The summed E-state index contributed by atoms with van der Waals surface area (Å²) in [6.45, 7) is 8.39. The number of hydrogen-bond acceptors (Lipinski definition) is 8. The average Bonchev–Trinajstić information content (AvgIpc) is 2.89. The van der Waals surface area contributed by atoms with Crippen LogP contribution in [0.4, 0.5) is 0 Å². The summed E-state index contributed by atoms with van der Waals surface area (Å²) in [5.41, 5.74) is 0. The fourth-order valence-electron chi connectivity index (χ4n) is 3.03. The van der Waals surface area contributed by atoms with Gasteiger partial charge in [0, 0.05) is 37.8 Å². The Bertz CT molecular complexity index is 668. The number of esters is 4. The predicted octanol–water partition coefficient (Wildman–Crippen LogP) is 6.93. The van der Waals surface area contributed by atoms with Crippen molar-refractivity contribution in [2.45, 2.75) is 143 Å².